The van der Waals surface area contributed by atoms with Crippen molar-refractivity contribution < 1.29 is 28.9 Å². The first-order chi connectivity index (χ1) is 20.2. The van der Waals surface area contributed by atoms with Crippen molar-refractivity contribution in [2.24, 2.45) is 0 Å². The van der Waals surface area contributed by atoms with Crippen LogP contribution < -0.4 is 5.32 Å². The monoisotopic (exact) mass is 572 g/mol. The fraction of sp³-hybridized carbons (Fsp3) is 0.412. The molecule has 0 spiro atoms. The highest BCUT2D eigenvalue weighted by Crippen LogP contribution is 2.39. The maximum Gasteiger partial charge on any atom is 0.323 e. The van der Waals surface area contributed by atoms with Gasteiger partial charge >= 0.3 is 5.97 Å². The number of ether oxygens (including phenoxy) is 3. The van der Waals surface area contributed by atoms with Crippen LogP contribution in [0.15, 0.2) is 78.9 Å². The van der Waals surface area contributed by atoms with E-state index >= 15 is 0 Å². The largest absolute Gasteiger partial charge is 0.459 e. The van der Waals surface area contributed by atoms with Crippen molar-refractivity contribution in [1.82, 2.24) is 4.90 Å². The van der Waals surface area contributed by atoms with Crippen LogP contribution in [0.3, 0.4) is 0 Å². The highest BCUT2D eigenvalue weighted by molar-refractivity contribution is 6.04. The summed E-state index contributed by atoms with van der Waals surface area (Å²) in [5, 5.41) is 12.4. The average molecular weight is 573 g/mol. The zero-order valence-electron chi connectivity index (χ0n) is 24.5. The van der Waals surface area contributed by atoms with Crippen LogP contribution in [0.4, 0.5) is 5.69 Å². The number of nitrogens with one attached hydrogen (secondary N) is 1. The van der Waals surface area contributed by atoms with E-state index in [1.165, 1.54) is 0 Å². The number of hydrogen-bond acceptors (Lipinski definition) is 7. The highest BCUT2D eigenvalue weighted by atomic mass is 16.7. The van der Waals surface area contributed by atoms with Crippen molar-refractivity contribution >= 4 is 17.6 Å². The van der Waals surface area contributed by atoms with E-state index in [-0.39, 0.29) is 36.7 Å². The van der Waals surface area contributed by atoms with E-state index in [9.17, 15) is 14.7 Å². The molecule has 8 heteroatoms. The minimum absolute atomic E-state index is 0.0195. The number of benzene rings is 3. The second-order valence-electron chi connectivity index (χ2n) is 12.0. The molecule has 1 amide bonds. The molecule has 0 radical (unpaired) electrons. The lowest BCUT2D eigenvalue weighted by Crippen LogP contribution is -2.45. The molecule has 8 nitrogen and oxygen atoms in total. The molecule has 0 aliphatic carbocycles. The molecule has 0 bridgehead atoms. The second kappa shape index (κ2) is 13.2. The van der Waals surface area contributed by atoms with Gasteiger partial charge in [0.1, 0.15) is 11.6 Å². The molecule has 5 rings (SSSR count). The number of anilines is 1. The Morgan fingerprint density at radius 1 is 0.952 bits per heavy atom. The lowest BCUT2D eigenvalue weighted by atomic mass is 9.99. The van der Waals surface area contributed by atoms with Crippen LogP contribution in [0.2, 0.25) is 0 Å². The Labute approximate surface area is 247 Å². The summed E-state index contributed by atoms with van der Waals surface area (Å²) in [6.07, 6.45) is 1.27. The van der Waals surface area contributed by atoms with Gasteiger partial charge in [-0.3, -0.25) is 14.5 Å². The molecule has 3 aromatic rings. The van der Waals surface area contributed by atoms with Crippen molar-refractivity contribution in [2.45, 2.75) is 76.8 Å². The number of aliphatic hydroxyl groups excluding tert-OH is 1. The topological polar surface area (TPSA) is 97.3 Å². The van der Waals surface area contributed by atoms with Crippen LogP contribution in [0.1, 0.15) is 79.5 Å². The van der Waals surface area contributed by atoms with Gasteiger partial charge in [0.2, 0.25) is 0 Å². The minimum atomic E-state index is -0.632. The molecule has 2 fully saturated rings. The molecule has 2 aliphatic rings. The number of nitrogens with zero attached hydrogens (tertiary/aromatic N) is 1. The first-order valence-electron chi connectivity index (χ1n) is 14.6. The molecule has 222 valence electrons. The highest BCUT2D eigenvalue weighted by Gasteiger charge is 2.38. The molecule has 2 heterocycles. The van der Waals surface area contributed by atoms with Gasteiger partial charge in [-0.15, -0.1) is 0 Å². The summed E-state index contributed by atoms with van der Waals surface area (Å²) in [5.41, 5.74) is 3.40. The normalized spacial score (nSPS) is 23.0. The number of carbonyl (C=O) groups is 2. The number of carbonyl (C=O) groups excluding carboxylic acids is 2. The molecular formula is C34H40N2O6. The first-order valence-corrected chi connectivity index (χ1v) is 14.6. The van der Waals surface area contributed by atoms with Gasteiger partial charge < -0.3 is 24.6 Å². The Bertz CT molecular complexity index is 1340. The number of rotatable bonds is 8. The van der Waals surface area contributed by atoms with Gasteiger partial charge in [0.05, 0.1) is 18.8 Å². The van der Waals surface area contributed by atoms with Crippen LogP contribution in [-0.2, 0) is 25.6 Å². The zero-order valence-corrected chi connectivity index (χ0v) is 24.5. The fourth-order valence-electron chi connectivity index (χ4n) is 5.49. The van der Waals surface area contributed by atoms with Crippen molar-refractivity contribution in [3.05, 3.63) is 101 Å². The smallest absolute Gasteiger partial charge is 0.323 e. The summed E-state index contributed by atoms with van der Waals surface area (Å²) < 4.78 is 18.7. The molecule has 0 aromatic heterocycles. The maximum atomic E-state index is 13.0. The van der Waals surface area contributed by atoms with E-state index < -0.39 is 11.9 Å². The van der Waals surface area contributed by atoms with E-state index in [0.29, 0.717) is 24.2 Å². The van der Waals surface area contributed by atoms with E-state index in [1.54, 1.807) is 12.1 Å². The summed E-state index contributed by atoms with van der Waals surface area (Å²) in [7, 11) is 0. The molecule has 4 atom stereocenters. The van der Waals surface area contributed by atoms with E-state index in [2.05, 4.69) is 10.2 Å². The Hall–Kier alpha value is -3.56. The Morgan fingerprint density at radius 3 is 2.31 bits per heavy atom. The Morgan fingerprint density at radius 2 is 1.64 bits per heavy atom. The number of hydrogen-bond donors (Lipinski definition) is 2. The quantitative estimate of drug-likeness (QED) is 0.330. The summed E-state index contributed by atoms with van der Waals surface area (Å²) in [4.78, 5) is 27.7. The Kier molecular flexibility index (Phi) is 9.38. The third-order valence-electron chi connectivity index (χ3n) is 7.57. The SMILES string of the molecule is CC(C)(C)OC(=O)[C@@H]1CCCN1C[C@@H]1C[C@H](c2ccc(CO)cc2)O[C@H](c2ccc(NC(=O)c3ccccc3)cc2)O1. The first kappa shape index (κ1) is 29.9. The predicted molar refractivity (Wildman–Crippen MR) is 160 cm³/mol. The lowest BCUT2D eigenvalue weighted by molar-refractivity contribution is -0.253. The van der Waals surface area contributed by atoms with Crippen LogP contribution in [0, 0.1) is 0 Å². The van der Waals surface area contributed by atoms with Crippen LogP contribution in [-0.4, -0.2) is 52.7 Å². The van der Waals surface area contributed by atoms with Gasteiger partial charge in [-0.1, -0.05) is 54.6 Å². The molecule has 42 heavy (non-hydrogen) atoms. The van der Waals surface area contributed by atoms with Gasteiger partial charge in [-0.25, -0.2) is 0 Å². The van der Waals surface area contributed by atoms with Gasteiger partial charge in [0.15, 0.2) is 6.29 Å². The van der Waals surface area contributed by atoms with Crippen molar-refractivity contribution in [3.8, 4) is 0 Å². The summed E-state index contributed by atoms with van der Waals surface area (Å²) in [6, 6.07) is 24.1. The van der Waals surface area contributed by atoms with Crippen molar-refractivity contribution in [1.29, 1.82) is 0 Å². The molecule has 0 unspecified atom stereocenters. The van der Waals surface area contributed by atoms with E-state index in [4.69, 9.17) is 14.2 Å². The number of likely N-dealkylation sites (tertiary alicyclic amines) is 1. The van der Waals surface area contributed by atoms with E-state index in [0.717, 1.165) is 36.1 Å². The van der Waals surface area contributed by atoms with Gasteiger partial charge in [0.25, 0.3) is 5.91 Å². The third kappa shape index (κ3) is 7.63. The minimum Gasteiger partial charge on any atom is -0.459 e. The van der Waals surface area contributed by atoms with Crippen molar-refractivity contribution in [2.75, 3.05) is 18.4 Å². The fourth-order valence-corrected chi connectivity index (χ4v) is 5.49. The van der Waals surface area contributed by atoms with Gasteiger partial charge in [-0.05, 0) is 75.5 Å². The predicted octanol–water partition coefficient (Wildman–Crippen LogP) is 5.78. The average Bonchev–Trinajstić information content (AvgIpc) is 3.45. The molecule has 2 N–H and O–H groups in total. The number of esters is 1. The summed E-state index contributed by atoms with van der Waals surface area (Å²) in [6.45, 7) is 7.04. The zero-order chi connectivity index (χ0) is 29.7. The number of amides is 1. The van der Waals surface area contributed by atoms with E-state index in [1.807, 2.05) is 87.5 Å². The Balaban J connectivity index is 1.32. The van der Waals surface area contributed by atoms with Crippen LogP contribution in [0.25, 0.3) is 0 Å². The van der Waals surface area contributed by atoms with Crippen LogP contribution >= 0.6 is 0 Å². The molecule has 2 aliphatic heterocycles. The van der Waals surface area contributed by atoms with Crippen molar-refractivity contribution in [3.63, 3.8) is 0 Å². The summed E-state index contributed by atoms with van der Waals surface area (Å²) >= 11 is 0. The third-order valence-corrected chi connectivity index (χ3v) is 7.57. The second-order valence-corrected chi connectivity index (χ2v) is 12.0. The molecule has 0 saturated carbocycles. The van der Waals surface area contributed by atoms with Gasteiger partial charge in [0, 0.05) is 29.8 Å². The molecular weight excluding hydrogens is 532 g/mol. The maximum absolute atomic E-state index is 13.0. The van der Waals surface area contributed by atoms with Crippen LogP contribution in [0.5, 0.6) is 0 Å². The van der Waals surface area contributed by atoms with Gasteiger partial charge in [-0.2, -0.15) is 0 Å². The summed E-state index contributed by atoms with van der Waals surface area (Å²) in [5.74, 6) is -0.363. The standard InChI is InChI=1S/C34H40N2O6/c1-34(2,3)42-32(39)29-10-7-19-36(29)21-28-20-30(24-13-11-23(22-37)12-14-24)41-33(40-28)26-15-17-27(18-16-26)35-31(38)25-8-5-4-6-9-25/h4-6,8-9,11-18,28-30,33,37H,7,10,19-22H2,1-3H3,(H,35,38)/t28-,29-,30+,33+/m0/s1. The molecule has 2 saturated heterocycles. The lowest BCUT2D eigenvalue weighted by Gasteiger charge is -2.38. The number of aliphatic hydroxyl groups is 1. The molecule has 3 aromatic carbocycles.